The summed E-state index contributed by atoms with van der Waals surface area (Å²) in [5, 5.41) is 4.17. The van der Waals surface area contributed by atoms with Gasteiger partial charge in [-0.3, -0.25) is 4.68 Å². The maximum Gasteiger partial charge on any atom is 0.134 e. The minimum Gasteiger partial charge on any atom is -0.275 e. The lowest BCUT2D eigenvalue weighted by molar-refractivity contribution is 0.544. The Kier molecular flexibility index (Phi) is 2.73. The molecule has 0 N–H and O–H groups in total. The molecule has 0 aromatic carbocycles. The zero-order valence-corrected chi connectivity index (χ0v) is 11.0. The van der Waals surface area contributed by atoms with Crippen molar-refractivity contribution in [3.05, 3.63) is 30.0 Å². The summed E-state index contributed by atoms with van der Waals surface area (Å²) in [5.41, 5.74) is 2.92. The van der Waals surface area contributed by atoms with Gasteiger partial charge >= 0.3 is 0 Å². The second kappa shape index (κ2) is 3.95. The van der Waals surface area contributed by atoms with Gasteiger partial charge in [-0.05, 0) is 13.0 Å². The van der Waals surface area contributed by atoms with E-state index in [0.717, 1.165) is 22.8 Å². The minimum absolute atomic E-state index is 0.0387. The minimum atomic E-state index is -0.0387. The topological polar surface area (TPSA) is 43.6 Å². The normalized spacial score (nSPS) is 11.8. The molecule has 0 saturated carbocycles. The number of aryl methyl sites for hydroxylation is 2. The van der Waals surface area contributed by atoms with Crippen LogP contribution in [0.25, 0.3) is 11.3 Å². The lowest BCUT2D eigenvalue weighted by Crippen LogP contribution is -2.16. The van der Waals surface area contributed by atoms with Crippen molar-refractivity contribution in [1.82, 2.24) is 19.7 Å². The molecule has 0 fully saturated rings. The summed E-state index contributed by atoms with van der Waals surface area (Å²) < 4.78 is 1.78. The Morgan fingerprint density at radius 3 is 2.41 bits per heavy atom. The molecule has 0 aliphatic carbocycles. The van der Waals surface area contributed by atoms with Crippen molar-refractivity contribution in [2.75, 3.05) is 0 Å². The van der Waals surface area contributed by atoms with Gasteiger partial charge in [0.1, 0.15) is 5.82 Å². The average Bonchev–Trinajstić information content (AvgIpc) is 2.62. The third kappa shape index (κ3) is 2.52. The van der Waals surface area contributed by atoms with Crippen LogP contribution >= 0.6 is 0 Å². The monoisotopic (exact) mass is 230 g/mol. The Labute approximate surface area is 102 Å². The van der Waals surface area contributed by atoms with Gasteiger partial charge in [0.05, 0.1) is 11.9 Å². The first-order chi connectivity index (χ1) is 7.86. The Balaban J connectivity index is 2.52. The van der Waals surface area contributed by atoms with Gasteiger partial charge in [-0.2, -0.15) is 5.10 Å². The first-order valence-corrected chi connectivity index (χ1v) is 5.71. The predicted molar refractivity (Wildman–Crippen MR) is 67.7 cm³/mol. The highest BCUT2D eigenvalue weighted by Gasteiger charge is 2.18. The SMILES string of the molecule is Cc1cc(-c2cnn(C)c2)nc(C(C)(C)C)n1. The standard InChI is InChI=1S/C13H18N4/c1-9-6-11(10-7-14-17(5)8-10)16-12(15-9)13(2,3)4/h6-8H,1-5H3. The molecular formula is C13H18N4. The van der Waals surface area contributed by atoms with E-state index in [9.17, 15) is 0 Å². The van der Waals surface area contributed by atoms with Crippen LogP contribution in [0, 0.1) is 6.92 Å². The fourth-order valence-corrected chi connectivity index (χ4v) is 1.61. The van der Waals surface area contributed by atoms with Gasteiger partial charge in [-0.25, -0.2) is 9.97 Å². The van der Waals surface area contributed by atoms with E-state index in [-0.39, 0.29) is 5.41 Å². The van der Waals surface area contributed by atoms with E-state index >= 15 is 0 Å². The second-order valence-electron chi connectivity index (χ2n) is 5.37. The van der Waals surface area contributed by atoms with Crippen molar-refractivity contribution in [3.8, 4) is 11.3 Å². The Morgan fingerprint density at radius 2 is 1.88 bits per heavy atom. The molecule has 0 unspecified atom stereocenters. The average molecular weight is 230 g/mol. The van der Waals surface area contributed by atoms with Crippen LogP contribution in [0.1, 0.15) is 32.3 Å². The molecule has 0 spiro atoms. The van der Waals surface area contributed by atoms with Crippen LogP contribution in [0.2, 0.25) is 0 Å². The molecule has 2 heterocycles. The zero-order chi connectivity index (χ0) is 12.6. The van der Waals surface area contributed by atoms with Crippen LogP contribution < -0.4 is 0 Å². The molecule has 2 aromatic heterocycles. The summed E-state index contributed by atoms with van der Waals surface area (Å²) in [6.07, 6.45) is 3.79. The van der Waals surface area contributed by atoms with Crippen molar-refractivity contribution < 1.29 is 0 Å². The van der Waals surface area contributed by atoms with Gasteiger partial charge in [-0.1, -0.05) is 20.8 Å². The zero-order valence-electron chi connectivity index (χ0n) is 11.0. The van der Waals surface area contributed by atoms with Crippen LogP contribution in [0.4, 0.5) is 0 Å². The van der Waals surface area contributed by atoms with E-state index in [0.29, 0.717) is 0 Å². The van der Waals surface area contributed by atoms with Crippen molar-refractivity contribution in [1.29, 1.82) is 0 Å². The molecule has 4 nitrogen and oxygen atoms in total. The third-order valence-corrected chi connectivity index (χ3v) is 2.53. The van der Waals surface area contributed by atoms with Gasteiger partial charge in [-0.15, -0.1) is 0 Å². The maximum absolute atomic E-state index is 4.62. The molecule has 0 amide bonds. The molecule has 90 valence electrons. The van der Waals surface area contributed by atoms with Crippen LogP contribution in [0.3, 0.4) is 0 Å². The molecule has 0 radical (unpaired) electrons. The fraction of sp³-hybridized carbons (Fsp3) is 0.462. The van der Waals surface area contributed by atoms with Crippen LogP contribution in [-0.2, 0) is 12.5 Å². The van der Waals surface area contributed by atoms with E-state index in [4.69, 9.17) is 0 Å². The first kappa shape index (κ1) is 11.8. The highest BCUT2D eigenvalue weighted by atomic mass is 15.2. The number of hydrogen-bond acceptors (Lipinski definition) is 3. The van der Waals surface area contributed by atoms with Crippen molar-refractivity contribution in [2.24, 2.45) is 7.05 Å². The Hall–Kier alpha value is -1.71. The van der Waals surface area contributed by atoms with Gasteiger partial charge < -0.3 is 0 Å². The lowest BCUT2D eigenvalue weighted by Gasteiger charge is -2.17. The summed E-state index contributed by atoms with van der Waals surface area (Å²) in [6, 6.07) is 1.99. The first-order valence-electron chi connectivity index (χ1n) is 5.71. The summed E-state index contributed by atoms with van der Waals surface area (Å²) in [5.74, 6) is 0.872. The molecule has 0 bridgehead atoms. The molecule has 4 heteroatoms. The molecule has 0 aliphatic heterocycles. The molecule has 2 aromatic rings. The van der Waals surface area contributed by atoms with Crippen LogP contribution in [0.5, 0.6) is 0 Å². The Bertz CT molecular complexity index is 535. The summed E-state index contributed by atoms with van der Waals surface area (Å²) >= 11 is 0. The van der Waals surface area contributed by atoms with E-state index in [2.05, 4.69) is 35.8 Å². The van der Waals surface area contributed by atoms with Gasteiger partial charge in [0.15, 0.2) is 0 Å². The number of rotatable bonds is 1. The molecular weight excluding hydrogens is 212 g/mol. The van der Waals surface area contributed by atoms with Crippen molar-refractivity contribution >= 4 is 0 Å². The number of nitrogens with zero attached hydrogens (tertiary/aromatic N) is 4. The van der Waals surface area contributed by atoms with E-state index in [1.165, 1.54) is 0 Å². The fourth-order valence-electron chi connectivity index (χ4n) is 1.61. The number of hydrogen-bond donors (Lipinski definition) is 0. The largest absolute Gasteiger partial charge is 0.275 e. The third-order valence-electron chi connectivity index (χ3n) is 2.53. The molecule has 0 aliphatic rings. The summed E-state index contributed by atoms with van der Waals surface area (Å²) in [4.78, 5) is 9.12. The molecule has 17 heavy (non-hydrogen) atoms. The highest BCUT2D eigenvalue weighted by molar-refractivity contribution is 5.57. The summed E-state index contributed by atoms with van der Waals surface area (Å²) in [7, 11) is 1.90. The van der Waals surface area contributed by atoms with E-state index in [1.54, 1.807) is 4.68 Å². The van der Waals surface area contributed by atoms with Crippen molar-refractivity contribution in [3.63, 3.8) is 0 Å². The smallest absolute Gasteiger partial charge is 0.134 e. The van der Waals surface area contributed by atoms with Gasteiger partial charge in [0.25, 0.3) is 0 Å². The van der Waals surface area contributed by atoms with Gasteiger partial charge in [0.2, 0.25) is 0 Å². The van der Waals surface area contributed by atoms with E-state index in [1.807, 2.05) is 32.4 Å². The molecule has 0 saturated heterocycles. The molecule has 0 atom stereocenters. The maximum atomic E-state index is 4.62. The van der Waals surface area contributed by atoms with Gasteiger partial charge in [0, 0.05) is 29.9 Å². The Morgan fingerprint density at radius 1 is 1.18 bits per heavy atom. The van der Waals surface area contributed by atoms with Crippen LogP contribution in [-0.4, -0.2) is 19.7 Å². The lowest BCUT2D eigenvalue weighted by atomic mass is 9.95. The number of aromatic nitrogens is 4. The predicted octanol–water partition coefficient (Wildman–Crippen LogP) is 2.48. The highest BCUT2D eigenvalue weighted by Crippen LogP contribution is 2.23. The van der Waals surface area contributed by atoms with E-state index < -0.39 is 0 Å². The quantitative estimate of drug-likeness (QED) is 0.756. The second-order valence-corrected chi connectivity index (χ2v) is 5.37. The molecule has 2 rings (SSSR count). The van der Waals surface area contributed by atoms with Crippen molar-refractivity contribution in [2.45, 2.75) is 33.1 Å². The van der Waals surface area contributed by atoms with Crippen LogP contribution in [0.15, 0.2) is 18.5 Å². The summed E-state index contributed by atoms with van der Waals surface area (Å²) in [6.45, 7) is 8.36.